The van der Waals surface area contributed by atoms with Gasteiger partial charge in [-0.1, -0.05) is 269 Å². The molecule has 0 saturated carbocycles. The fraction of sp³-hybridized carbons (Fsp3) is 0.0345. The van der Waals surface area contributed by atoms with Gasteiger partial charge in [0.15, 0.2) is 0 Å². The first-order chi connectivity index (χ1) is 45.4. The average molecular weight is 1170 g/mol. The summed E-state index contributed by atoms with van der Waals surface area (Å²) >= 11 is 0. The van der Waals surface area contributed by atoms with Gasteiger partial charge in [0.1, 0.15) is 11.2 Å². The Kier molecular flexibility index (Phi) is 11.3. The number of furan rings is 1. The third-order valence-corrected chi connectivity index (χ3v) is 19.6. The predicted molar refractivity (Wildman–Crippen MR) is 386 cm³/mol. The molecule has 92 heavy (non-hydrogen) atoms. The molecule has 1 aliphatic rings. The van der Waals surface area contributed by atoms with Crippen LogP contribution in [0.5, 0.6) is 0 Å². The van der Waals surface area contributed by atoms with Crippen molar-refractivity contribution in [3.8, 4) is 56.2 Å². The lowest BCUT2D eigenvalue weighted by Gasteiger charge is -2.24. The van der Waals surface area contributed by atoms with Crippen molar-refractivity contribution in [1.29, 1.82) is 0 Å². The zero-order chi connectivity index (χ0) is 60.8. The first-order valence-corrected chi connectivity index (χ1v) is 31.6. The van der Waals surface area contributed by atoms with Gasteiger partial charge in [-0.05, 0) is 123 Å². The molecule has 1 aliphatic carbocycles. The van der Waals surface area contributed by atoms with Crippen molar-refractivity contribution in [1.82, 2.24) is 19.9 Å². The van der Waals surface area contributed by atoms with Gasteiger partial charge in [0.25, 0.3) is 0 Å². The second kappa shape index (κ2) is 20.0. The second-order valence-electron chi connectivity index (χ2n) is 25.0. The Morgan fingerprint density at radius 3 is 1.29 bits per heavy atom. The molecule has 19 aromatic rings. The molecule has 0 saturated heterocycles. The lowest BCUT2D eigenvalue weighted by Crippen LogP contribution is -2.15. The molecule has 5 heteroatoms. The molecule has 0 bridgehead atoms. The van der Waals surface area contributed by atoms with Crippen molar-refractivity contribution in [2.75, 3.05) is 0 Å². The zero-order valence-corrected chi connectivity index (χ0v) is 50.4. The maximum atomic E-state index is 6.54. The molecule has 0 spiro atoms. The Labute approximate surface area is 529 Å². The molecule has 0 unspecified atom stereocenters. The highest BCUT2D eigenvalue weighted by atomic mass is 16.3. The molecule has 3 heterocycles. The summed E-state index contributed by atoms with van der Waals surface area (Å²) in [5, 5.41) is 21.7. The summed E-state index contributed by atoms with van der Waals surface area (Å²) in [6.45, 7) is 4.76. The highest BCUT2D eigenvalue weighted by molar-refractivity contribution is 6.35. The largest absolute Gasteiger partial charge is 0.455 e. The second-order valence-corrected chi connectivity index (χ2v) is 25.0. The van der Waals surface area contributed by atoms with Crippen LogP contribution in [-0.2, 0) is 5.41 Å². The Morgan fingerprint density at radius 2 is 0.707 bits per heavy atom. The minimum absolute atomic E-state index is 0.101. The summed E-state index contributed by atoms with van der Waals surface area (Å²) in [4.78, 5) is 21.2. The molecule has 0 atom stereocenters. The summed E-state index contributed by atoms with van der Waals surface area (Å²) in [7, 11) is 0. The van der Waals surface area contributed by atoms with Crippen molar-refractivity contribution >= 4 is 130 Å². The molecule has 5 nitrogen and oxygen atoms in total. The summed E-state index contributed by atoms with van der Waals surface area (Å²) in [6.07, 6.45) is 0. The summed E-state index contributed by atoms with van der Waals surface area (Å²) in [6, 6.07) is 104. The SMILES string of the molecule is CC1(C)c2ccccc2-c2c1c1ccc3cc(-c4nc5c(ccc6ccccc65)nc4-c4ccccc4)ccc3c1c1ccccc21.c1ccc(-c2nc3ccc4ccccc4c3nc2-c2ccc3c(ccc4c5oc6ccccc6c5c5ccccc5c34)c2)cc1. The number of hydrogen-bond acceptors (Lipinski definition) is 5. The van der Waals surface area contributed by atoms with E-state index in [0.717, 1.165) is 111 Å². The van der Waals surface area contributed by atoms with E-state index in [-0.39, 0.29) is 5.41 Å². The maximum Gasteiger partial charge on any atom is 0.143 e. The zero-order valence-electron chi connectivity index (χ0n) is 50.4. The van der Waals surface area contributed by atoms with Crippen LogP contribution in [0.2, 0.25) is 0 Å². The number of fused-ring (bicyclic) bond motifs is 26. The Morgan fingerprint density at radius 1 is 0.283 bits per heavy atom. The minimum Gasteiger partial charge on any atom is -0.455 e. The number of aromatic nitrogens is 4. The van der Waals surface area contributed by atoms with Gasteiger partial charge in [-0.3, -0.25) is 0 Å². The molecule has 0 radical (unpaired) electrons. The van der Waals surface area contributed by atoms with E-state index in [1.165, 1.54) is 86.9 Å². The van der Waals surface area contributed by atoms with Crippen molar-refractivity contribution in [2.24, 2.45) is 0 Å². The lowest BCUT2D eigenvalue weighted by molar-refractivity contribution is 0.666. The Hall–Kier alpha value is -11.9. The van der Waals surface area contributed by atoms with Crippen molar-refractivity contribution in [2.45, 2.75) is 19.3 Å². The first-order valence-electron chi connectivity index (χ1n) is 31.6. The number of benzene rings is 16. The minimum atomic E-state index is -0.101. The van der Waals surface area contributed by atoms with Crippen LogP contribution in [-0.4, -0.2) is 19.9 Å². The van der Waals surface area contributed by atoms with Gasteiger partial charge in [-0.25, -0.2) is 19.9 Å². The predicted octanol–water partition coefficient (Wildman–Crippen LogP) is 23.4. The summed E-state index contributed by atoms with van der Waals surface area (Å²) in [5.41, 5.74) is 18.7. The van der Waals surface area contributed by atoms with E-state index in [1.54, 1.807) is 0 Å². The van der Waals surface area contributed by atoms with Gasteiger partial charge in [0.05, 0.1) is 44.8 Å². The van der Waals surface area contributed by atoms with E-state index in [2.05, 4.69) is 287 Å². The van der Waals surface area contributed by atoms with Crippen molar-refractivity contribution in [3.05, 3.63) is 302 Å². The standard InChI is InChI=1S/C45H30N2.C42H24N2O/c1-45(2)37-19-11-10-18-35(37)40-34-17-9-8-16-33(34)39-31-23-21-30(26-29(31)20-24-36(39)41(40)45)43-42(28-13-4-3-5-14-28)46-38-25-22-27-12-6-7-15-32(27)44(38)47-43;1-2-11-26(12-3-1)39-40(44-41-30-13-5-4-10-25(30)20-23-35(41)43-39)28-19-21-29-27(24-28)18-22-34-37(29)31-14-6-7-15-32(31)38-33-16-8-9-17-36(33)45-42(34)38/h3-26H,1-2H3;1-24H. The molecule has 428 valence electrons. The van der Waals surface area contributed by atoms with E-state index in [1.807, 2.05) is 18.2 Å². The highest BCUT2D eigenvalue weighted by Crippen LogP contribution is 2.56. The van der Waals surface area contributed by atoms with Gasteiger partial charge in [0, 0.05) is 60.0 Å². The van der Waals surface area contributed by atoms with Gasteiger partial charge in [0.2, 0.25) is 0 Å². The van der Waals surface area contributed by atoms with E-state index in [9.17, 15) is 0 Å². The number of hydrogen-bond donors (Lipinski definition) is 0. The van der Waals surface area contributed by atoms with E-state index in [4.69, 9.17) is 24.4 Å². The third-order valence-electron chi connectivity index (χ3n) is 19.6. The molecule has 0 amide bonds. The van der Waals surface area contributed by atoms with Gasteiger partial charge in [-0.15, -0.1) is 0 Å². The smallest absolute Gasteiger partial charge is 0.143 e. The monoisotopic (exact) mass is 1170 g/mol. The van der Waals surface area contributed by atoms with Crippen molar-refractivity contribution in [3.63, 3.8) is 0 Å². The van der Waals surface area contributed by atoms with Crippen LogP contribution in [0.25, 0.3) is 186 Å². The number of para-hydroxylation sites is 1. The number of nitrogens with zero attached hydrogens (tertiary/aromatic N) is 4. The quantitative estimate of drug-likeness (QED) is 0.164. The molecular weight excluding hydrogens is 1120 g/mol. The molecule has 0 N–H and O–H groups in total. The van der Waals surface area contributed by atoms with Gasteiger partial charge < -0.3 is 4.42 Å². The van der Waals surface area contributed by atoms with E-state index < -0.39 is 0 Å². The Bertz CT molecular complexity index is 6350. The topological polar surface area (TPSA) is 64.7 Å². The molecule has 3 aromatic heterocycles. The fourth-order valence-electron chi connectivity index (χ4n) is 15.4. The molecular formula is C87H54N4O. The summed E-state index contributed by atoms with van der Waals surface area (Å²) in [5.74, 6) is 0. The van der Waals surface area contributed by atoms with Crippen LogP contribution in [0.1, 0.15) is 25.0 Å². The third kappa shape index (κ3) is 7.79. The number of rotatable bonds is 4. The van der Waals surface area contributed by atoms with Crippen LogP contribution >= 0.6 is 0 Å². The normalized spacial score (nSPS) is 12.8. The van der Waals surface area contributed by atoms with Crippen LogP contribution in [0.15, 0.2) is 296 Å². The molecule has 0 aliphatic heterocycles. The molecule has 20 rings (SSSR count). The average Bonchev–Trinajstić information content (AvgIpc) is 1.43. The Balaban J connectivity index is 0.000000132. The van der Waals surface area contributed by atoms with Gasteiger partial charge >= 0.3 is 0 Å². The van der Waals surface area contributed by atoms with Crippen LogP contribution < -0.4 is 0 Å². The van der Waals surface area contributed by atoms with E-state index in [0.29, 0.717) is 0 Å². The fourth-order valence-corrected chi connectivity index (χ4v) is 15.4. The summed E-state index contributed by atoms with van der Waals surface area (Å²) < 4.78 is 6.54. The molecule has 0 fully saturated rings. The van der Waals surface area contributed by atoms with Crippen LogP contribution in [0, 0.1) is 0 Å². The first kappa shape index (κ1) is 52.1. The van der Waals surface area contributed by atoms with Crippen LogP contribution in [0.4, 0.5) is 0 Å². The van der Waals surface area contributed by atoms with Crippen LogP contribution in [0.3, 0.4) is 0 Å². The van der Waals surface area contributed by atoms with Gasteiger partial charge in [-0.2, -0.15) is 0 Å². The molecule has 16 aromatic carbocycles. The van der Waals surface area contributed by atoms with Crippen molar-refractivity contribution < 1.29 is 4.42 Å². The van der Waals surface area contributed by atoms with E-state index >= 15 is 0 Å². The lowest BCUT2D eigenvalue weighted by atomic mass is 9.78. The highest BCUT2D eigenvalue weighted by Gasteiger charge is 2.38. The maximum absolute atomic E-state index is 6.54.